The third kappa shape index (κ3) is 1.14. The topological polar surface area (TPSA) is 24.9 Å². The molecule has 0 bridgehead atoms. The summed E-state index contributed by atoms with van der Waals surface area (Å²) >= 11 is 0. The van der Waals surface area contributed by atoms with Gasteiger partial charge in [0.15, 0.2) is 0 Å². The van der Waals surface area contributed by atoms with Crippen LogP contribution in [0.1, 0.15) is 0 Å². The van der Waals surface area contributed by atoms with Crippen LogP contribution in [0.3, 0.4) is 0 Å². The highest BCUT2D eigenvalue weighted by Crippen LogP contribution is 2.14. The van der Waals surface area contributed by atoms with Crippen molar-refractivity contribution in [1.29, 1.82) is 0 Å². The molecular weight excluding hydrogens is 188 g/mol. The number of aromatic nitrogens is 1. The van der Waals surface area contributed by atoms with Crippen LogP contribution in [0, 0.1) is 0 Å². The van der Waals surface area contributed by atoms with Crippen molar-refractivity contribution >= 4 is 31.3 Å². The Bertz CT molecular complexity index is 395. The van der Waals surface area contributed by atoms with Crippen LogP contribution in [-0.4, -0.2) is 14.5 Å². The molecule has 0 amide bonds. The summed E-state index contributed by atoms with van der Waals surface area (Å²) in [7, 11) is 0.741. The van der Waals surface area contributed by atoms with E-state index in [0.717, 1.165) is 15.2 Å². The number of nitrogens with one attached hydrogen (secondary N) is 1. The van der Waals surface area contributed by atoms with Crippen LogP contribution in [0.25, 0.3) is 0 Å². The number of para-hydroxylation sites is 1. The number of fused-ring (bicyclic) bond motifs is 2. The van der Waals surface area contributed by atoms with Crippen molar-refractivity contribution in [2.75, 3.05) is 5.32 Å². The van der Waals surface area contributed by atoms with Gasteiger partial charge < -0.3 is 5.32 Å². The summed E-state index contributed by atoms with van der Waals surface area (Å²) in [5, 5.41) is 6.11. The molecule has 1 aliphatic heterocycles. The van der Waals surface area contributed by atoms with Crippen molar-refractivity contribution in [2.45, 2.75) is 0 Å². The van der Waals surface area contributed by atoms with Gasteiger partial charge in [0.2, 0.25) is 0 Å². The maximum absolute atomic E-state index is 4.11. The van der Waals surface area contributed by atoms with Crippen LogP contribution in [0.5, 0.6) is 0 Å². The largest absolute Gasteiger partial charge is 0.354 e. The van der Waals surface area contributed by atoms with Crippen LogP contribution in [0.15, 0.2) is 42.7 Å². The minimum absolute atomic E-state index is 0.741. The van der Waals surface area contributed by atoms with Gasteiger partial charge in [0.25, 0.3) is 0 Å². The van der Waals surface area contributed by atoms with E-state index in [1.54, 1.807) is 0 Å². The van der Waals surface area contributed by atoms with Gasteiger partial charge in [-0.05, 0) is 22.5 Å². The molecule has 2 heterocycles. The number of pyridine rings is 1. The highest BCUT2D eigenvalue weighted by atomic mass is 28.2. The summed E-state index contributed by atoms with van der Waals surface area (Å²) in [6, 6.07) is 10.5. The Kier molecular flexibility index (Phi) is 1.64. The van der Waals surface area contributed by atoms with Gasteiger partial charge in [-0.2, -0.15) is 0 Å². The van der Waals surface area contributed by atoms with E-state index in [9.17, 15) is 0 Å². The first-order valence-corrected chi connectivity index (χ1v) is 5.50. The van der Waals surface area contributed by atoms with Gasteiger partial charge >= 0.3 is 0 Å². The molecule has 1 aromatic heterocycles. The molecule has 2 aromatic rings. The molecule has 1 N–H and O–H groups in total. The average molecular weight is 196 g/mol. The summed E-state index contributed by atoms with van der Waals surface area (Å²) < 4.78 is 0. The monoisotopic (exact) mass is 196 g/mol. The smallest absolute Gasteiger partial charge is 0.127 e. The molecule has 1 aliphatic rings. The third-order valence-corrected chi connectivity index (χ3v) is 3.70. The normalized spacial score (nSPS) is 12.6. The molecular formula is C11H8N2Si. The second kappa shape index (κ2) is 2.96. The predicted octanol–water partition coefficient (Wildman–Crippen LogP) is 0.794. The molecule has 0 saturated carbocycles. The highest BCUT2D eigenvalue weighted by molar-refractivity contribution is 6.71. The van der Waals surface area contributed by atoms with E-state index in [0.29, 0.717) is 0 Å². The zero-order valence-corrected chi connectivity index (χ0v) is 8.49. The molecule has 0 aliphatic carbocycles. The lowest BCUT2D eigenvalue weighted by atomic mass is 10.3. The molecule has 0 saturated heterocycles. The van der Waals surface area contributed by atoms with Crippen LogP contribution < -0.4 is 15.7 Å². The quantitative estimate of drug-likeness (QED) is 0.538. The zero-order chi connectivity index (χ0) is 9.38. The second-order valence-corrected chi connectivity index (χ2v) is 4.54. The molecule has 0 atom stereocenters. The molecule has 0 unspecified atom stereocenters. The Hall–Kier alpha value is -1.61. The van der Waals surface area contributed by atoms with Gasteiger partial charge in [-0.15, -0.1) is 0 Å². The van der Waals surface area contributed by atoms with Crippen molar-refractivity contribution in [1.82, 2.24) is 4.98 Å². The first kappa shape index (κ1) is 7.76. The molecule has 3 rings (SSSR count). The minimum Gasteiger partial charge on any atom is -0.354 e. The van der Waals surface area contributed by atoms with Gasteiger partial charge in [-0.3, -0.25) is 4.98 Å². The fourth-order valence-corrected chi connectivity index (χ4v) is 2.76. The Morgan fingerprint density at radius 1 is 1.00 bits per heavy atom. The molecule has 14 heavy (non-hydrogen) atoms. The van der Waals surface area contributed by atoms with Crippen LogP contribution >= 0.6 is 0 Å². The number of benzene rings is 1. The van der Waals surface area contributed by atoms with Crippen LogP contribution in [0.4, 0.5) is 11.4 Å². The van der Waals surface area contributed by atoms with E-state index < -0.39 is 0 Å². The van der Waals surface area contributed by atoms with E-state index >= 15 is 0 Å². The molecule has 2 nitrogen and oxygen atoms in total. The summed E-state index contributed by atoms with van der Waals surface area (Å²) in [6.07, 6.45) is 3.74. The maximum Gasteiger partial charge on any atom is 0.127 e. The van der Waals surface area contributed by atoms with Crippen molar-refractivity contribution in [3.63, 3.8) is 0 Å². The second-order valence-electron chi connectivity index (χ2n) is 3.22. The van der Waals surface area contributed by atoms with E-state index in [1.165, 1.54) is 16.1 Å². The Balaban J connectivity index is 2.12. The lowest BCUT2D eigenvalue weighted by molar-refractivity contribution is 1.33. The third-order valence-electron chi connectivity index (χ3n) is 2.29. The first-order chi connectivity index (χ1) is 6.93. The SMILES string of the molecule is c1ccc2c(c1)Nc1cnccc1[Si]2. The van der Waals surface area contributed by atoms with Crippen LogP contribution in [0.2, 0.25) is 0 Å². The number of nitrogens with zero attached hydrogens (tertiary/aromatic N) is 1. The Labute approximate surface area is 84.8 Å². The molecule has 66 valence electrons. The summed E-state index contributed by atoms with van der Waals surface area (Å²) in [5.74, 6) is 0. The molecule has 1 aromatic carbocycles. The Morgan fingerprint density at radius 2 is 1.86 bits per heavy atom. The van der Waals surface area contributed by atoms with Crippen molar-refractivity contribution < 1.29 is 0 Å². The van der Waals surface area contributed by atoms with Crippen molar-refractivity contribution in [2.24, 2.45) is 0 Å². The number of hydrogen-bond donors (Lipinski definition) is 1. The van der Waals surface area contributed by atoms with Gasteiger partial charge in [-0.25, -0.2) is 0 Å². The lowest BCUT2D eigenvalue weighted by Gasteiger charge is -2.19. The average Bonchev–Trinajstić information content (AvgIpc) is 2.26. The highest BCUT2D eigenvalue weighted by Gasteiger charge is 2.13. The number of anilines is 2. The zero-order valence-electron chi connectivity index (χ0n) is 7.49. The molecule has 3 heteroatoms. The van der Waals surface area contributed by atoms with Crippen molar-refractivity contribution in [3.05, 3.63) is 42.7 Å². The van der Waals surface area contributed by atoms with E-state index in [4.69, 9.17) is 0 Å². The van der Waals surface area contributed by atoms with Gasteiger partial charge in [0, 0.05) is 11.9 Å². The standard InChI is InChI=1S/C11H8N2Si/c1-2-4-10-8(3-1)13-9-7-12-6-5-11(9)14-10/h1-7,13H. The van der Waals surface area contributed by atoms with Gasteiger partial charge in [0.1, 0.15) is 9.52 Å². The van der Waals surface area contributed by atoms with E-state index in [2.05, 4.69) is 40.6 Å². The number of hydrogen-bond acceptors (Lipinski definition) is 2. The predicted molar refractivity (Wildman–Crippen MR) is 59.0 cm³/mol. The molecule has 0 spiro atoms. The van der Waals surface area contributed by atoms with E-state index in [-0.39, 0.29) is 0 Å². The lowest BCUT2D eigenvalue weighted by Crippen LogP contribution is -2.35. The minimum atomic E-state index is 0.741. The first-order valence-electron chi connectivity index (χ1n) is 4.50. The van der Waals surface area contributed by atoms with Gasteiger partial charge in [0.05, 0.1) is 11.9 Å². The van der Waals surface area contributed by atoms with Crippen molar-refractivity contribution in [3.8, 4) is 0 Å². The fourth-order valence-electron chi connectivity index (χ4n) is 1.59. The van der Waals surface area contributed by atoms with Crippen LogP contribution in [-0.2, 0) is 0 Å². The summed E-state index contributed by atoms with van der Waals surface area (Å²) in [4.78, 5) is 4.11. The van der Waals surface area contributed by atoms with Gasteiger partial charge in [-0.1, -0.05) is 18.2 Å². The Morgan fingerprint density at radius 3 is 2.86 bits per heavy atom. The fraction of sp³-hybridized carbons (Fsp3) is 0. The summed E-state index contributed by atoms with van der Waals surface area (Å²) in [5.41, 5.74) is 2.36. The number of rotatable bonds is 0. The summed E-state index contributed by atoms with van der Waals surface area (Å²) in [6.45, 7) is 0. The maximum atomic E-state index is 4.11. The molecule has 0 fully saturated rings. The molecule has 2 radical (unpaired) electrons. The van der Waals surface area contributed by atoms with E-state index in [1.807, 2.05) is 12.4 Å².